The summed E-state index contributed by atoms with van der Waals surface area (Å²) in [5, 5.41) is 5.29. The van der Waals surface area contributed by atoms with E-state index >= 15 is 0 Å². The van der Waals surface area contributed by atoms with Crippen molar-refractivity contribution in [1.29, 1.82) is 0 Å². The lowest BCUT2D eigenvalue weighted by Crippen LogP contribution is -2.54. The van der Waals surface area contributed by atoms with E-state index in [4.69, 9.17) is 16.3 Å². The van der Waals surface area contributed by atoms with Crippen molar-refractivity contribution in [3.63, 3.8) is 0 Å². The molecule has 0 saturated carbocycles. The van der Waals surface area contributed by atoms with Crippen LogP contribution < -0.4 is 20.3 Å². The molecule has 182 valence electrons. The Kier molecular flexibility index (Phi) is 7.17. The number of urea groups is 1. The Bertz CT molecular complexity index is 1400. The topological polar surface area (TPSA) is 105 Å². The van der Waals surface area contributed by atoms with Crippen LogP contribution in [-0.4, -0.2) is 30.4 Å². The van der Waals surface area contributed by atoms with E-state index in [1.807, 2.05) is 32.0 Å². The number of anilines is 2. The van der Waals surface area contributed by atoms with Crippen LogP contribution in [0.4, 0.5) is 16.2 Å². The third-order valence-electron chi connectivity index (χ3n) is 5.52. The average molecular weight is 504 g/mol. The second kappa shape index (κ2) is 10.5. The first-order chi connectivity index (χ1) is 17.2. The maximum Gasteiger partial charge on any atom is 0.335 e. The lowest BCUT2D eigenvalue weighted by Gasteiger charge is -2.26. The fourth-order valence-electron chi connectivity index (χ4n) is 3.50. The predicted molar refractivity (Wildman–Crippen MR) is 137 cm³/mol. The van der Waals surface area contributed by atoms with Crippen molar-refractivity contribution >= 4 is 52.8 Å². The molecule has 0 aromatic heterocycles. The second-order valence-corrected chi connectivity index (χ2v) is 8.58. The highest BCUT2D eigenvalue weighted by molar-refractivity contribution is 6.39. The van der Waals surface area contributed by atoms with Gasteiger partial charge >= 0.3 is 6.03 Å². The van der Waals surface area contributed by atoms with Gasteiger partial charge in [0.1, 0.15) is 11.3 Å². The third-order valence-corrected chi connectivity index (χ3v) is 5.75. The average Bonchev–Trinajstić information content (AvgIpc) is 2.83. The summed E-state index contributed by atoms with van der Waals surface area (Å²) in [6, 6.07) is 17.5. The Morgan fingerprint density at radius 2 is 1.75 bits per heavy atom. The molecule has 0 spiro atoms. The molecule has 1 aliphatic rings. The number of halogens is 1. The molecule has 0 unspecified atom stereocenters. The summed E-state index contributed by atoms with van der Waals surface area (Å²) in [5.74, 6) is -1.44. The number of imide groups is 2. The molecule has 3 aromatic rings. The third kappa shape index (κ3) is 5.61. The van der Waals surface area contributed by atoms with E-state index in [0.717, 1.165) is 16.0 Å². The molecular formula is C27H22ClN3O5. The zero-order valence-electron chi connectivity index (χ0n) is 19.5. The number of carbonyl (C=O) groups is 4. The van der Waals surface area contributed by atoms with E-state index < -0.39 is 17.8 Å². The van der Waals surface area contributed by atoms with Crippen molar-refractivity contribution in [2.45, 2.75) is 13.8 Å². The highest BCUT2D eigenvalue weighted by Gasteiger charge is 2.36. The van der Waals surface area contributed by atoms with Crippen molar-refractivity contribution in [2.24, 2.45) is 0 Å². The summed E-state index contributed by atoms with van der Waals surface area (Å²) >= 11 is 5.98. The number of amides is 5. The van der Waals surface area contributed by atoms with Crippen molar-refractivity contribution in [3.8, 4) is 5.75 Å². The van der Waals surface area contributed by atoms with E-state index in [1.54, 1.807) is 42.5 Å². The summed E-state index contributed by atoms with van der Waals surface area (Å²) in [6.07, 6.45) is 1.37. The fraction of sp³-hybridized carbons (Fsp3) is 0.111. The predicted octanol–water partition coefficient (Wildman–Crippen LogP) is 4.64. The molecule has 3 aromatic carbocycles. The van der Waals surface area contributed by atoms with Crippen LogP contribution >= 0.6 is 11.6 Å². The molecule has 1 saturated heterocycles. The number of hydrogen-bond acceptors (Lipinski definition) is 5. The highest BCUT2D eigenvalue weighted by Crippen LogP contribution is 2.25. The van der Waals surface area contributed by atoms with Gasteiger partial charge in [-0.15, -0.1) is 0 Å². The molecule has 9 heteroatoms. The number of nitrogens with zero attached hydrogens (tertiary/aromatic N) is 1. The van der Waals surface area contributed by atoms with Crippen molar-refractivity contribution in [3.05, 3.63) is 94.0 Å². The molecule has 1 aliphatic heterocycles. The van der Waals surface area contributed by atoms with Gasteiger partial charge in [-0.1, -0.05) is 35.9 Å². The maximum atomic E-state index is 13.0. The SMILES string of the molecule is Cc1ccc(NC(=O)COc2ccc(/C=C3\C(=O)NC(=O)N(c4cccc(Cl)c4)C3=O)cc2)cc1C. The van der Waals surface area contributed by atoms with E-state index in [-0.39, 0.29) is 23.8 Å². The zero-order chi connectivity index (χ0) is 25.8. The van der Waals surface area contributed by atoms with Gasteiger partial charge in [-0.25, -0.2) is 9.69 Å². The first-order valence-corrected chi connectivity index (χ1v) is 11.4. The molecule has 4 rings (SSSR count). The Hall–Kier alpha value is -4.43. The summed E-state index contributed by atoms with van der Waals surface area (Å²) < 4.78 is 5.54. The van der Waals surface area contributed by atoms with Gasteiger partial charge < -0.3 is 10.1 Å². The second-order valence-electron chi connectivity index (χ2n) is 8.14. The molecule has 0 bridgehead atoms. The van der Waals surface area contributed by atoms with Crippen LogP contribution in [0.1, 0.15) is 16.7 Å². The highest BCUT2D eigenvalue weighted by atomic mass is 35.5. The lowest BCUT2D eigenvalue weighted by molar-refractivity contribution is -0.122. The molecule has 5 amide bonds. The lowest BCUT2D eigenvalue weighted by atomic mass is 10.1. The minimum Gasteiger partial charge on any atom is -0.484 e. The van der Waals surface area contributed by atoms with Crippen LogP contribution in [0.3, 0.4) is 0 Å². The zero-order valence-corrected chi connectivity index (χ0v) is 20.3. The number of nitrogens with one attached hydrogen (secondary N) is 2. The number of barbiturate groups is 1. The largest absolute Gasteiger partial charge is 0.484 e. The number of aryl methyl sites for hydroxylation is 2. The quantitative estimate of drug-likeness (QED) is 0.376. The number of rotatable bonds is 6. The van der Waals surface area contributed by atoms with Crippen molar-refractivity contribution < 1.29 is 23.9 Å². The molecular weight excluding hydrogens is 482 g/mol. The Labute approximate surface area is 212 Å². The Morgan fingerprint density at radius 3 is 2.44 bits per heavy atom. The fourth-order valence-corrected chi connectivity index (χ4v) is 3.68. The van der Waals surface area contributed by atoms with Gasteiger partial charge in [0.15, 0.2) is 6.61 Å². The standard InChI is InChI=1S/C27H22ClN3O5/c1-16-6-9-20(12-17(16)2)29-24(32)15-36-22-10-7-18(8-11-22)13-23-25(33)30-27(35)31(26(23)34)21-5-3-4-19(28)14-21/h3-14H,15H2,1-2H3,(H,29,32)(H,30,33,35)/b23-13+. The monoisotopic (exact) mass is 503 g/mol. The van der Waals surface area contributed by atoms with E-state index in [2.05, 4.69) is 10.6 Å². The summed E-state index contributed by atoms with van der Waals surface area (Å²) in [6.45, 7) is 3.77. The Morgan fingerprint density at radius 1 is 1.00 bits per heavy atom. The van der Waals surface area contributed by atoms with Gasteiger partial charge in [-0.05, 0) is 79.1 Å². The van der Waals surface area contributed by atoms with E-state index in [9.17, 15) is 19.2 Å². The molecule has 0 radical (unpaired) electrons. The minimum absolute atomic E-state index is 0.190. The summed E-state index contributed by atoms with van der Waals surface area (Å²) in [4.78, 5) is 50.7. The molecule has 0 atom stereocenters. The molecule has 0 aliphatic carbocycles. The van der Waals surface area contributed by atoms with Gasteiger partial charge in [0.25, 0.3) is 17.7 Å². The van der Waals surface area contributed by atoms with Crippen LogP contribution in [0.2, 0.25) is 5.02 Å². The number of ether oxygens (including phenoxy) is 1. The summed E-state index contributed by atoms with van der Waals surface area (Å²) in [5.41, 5.74) is 3.46. The van der Waals surface area contributed by atoms with Gasteiger partial charge in [0.05, 0.1) is 5.69 Å². The molecule has 1 heterocycles. The Balaban J connectivity index is 1.42. The van der Waals surface area contributed by atoms with Gasteiger partial charge in [0.2, 0.25) is 0 Å². The first-order valence-electron chi connectivity index (χ1n) is 11.0. The van der Waals surface area contributed by atoms with Crippen molar-refractivity contribution in [1.82, 2.24) is 5.32 Å². The summed E-state index contributed by atoms with van der Waals surface area (Å²) in [7, 11) is 0. The van der Waals surface area contributed by atoms with E-state index in [1.165, 1.54) is 12.1 Å². The molecule has 2 N–H and O–H groups in total. The first kappa shape index (κ1) is 24.7. The van der Waals surface area contributed by atoms with Gasteiger partial charge in [-0.2, -0.15) is 0 Å². The van der Waals surface area contributed by atoms with Gasteiger partial charge in [-0.3, -0.25) is 19.7 Å². The van der Waals surface area contributed by atoms with Crippen LogP contribution in [-0.2, 0) is 14.4 Å². The number of benzene rings is 3. The van der Waals surface area contributed by atoms with Crippen LogP contribution in [0.15, 0.2) is 72.3 Å². The molecule has 8 nitrogen and oxygen atoms in total. The minimum atomic E-state index is -0.854. The van der Waals surface area contributed by atoms with Crippen LogP contribution in [0.5, 0.6) is 5.75 Å². The normalized spacial score (nSPS) is 14.6. The molecule has 1 fully saturated rings. The number of hydrogen-bond donors (Lipinski definition) is 2. The smallest absolute Gasteiger partial charge is 0.335 e. The van der Waals surface area contributed by atoms with Crippen LogP contribution in [0.25, 0.3) is 6.08 Å². The van der Waals surface area contributed by atoms with Gasteiger partial charge in [0, 0.05) is 10.7 Å². The maximum absolute atomic E-state index is 13.0. The number of carbonyl (C=O) groups excluding carboxylic acids is 4. The van der Waals surface area contributed by atoms with Crippen LogP contribution in [0, 0.1) is 13.8 Å². The van der Waals surface area contributed by atoms with E-state index in [0.29, 0.717) is 22.0 Å². The van der Waals surface area contributed by atoms with Crippen molar-refractivity contribution in [2.75, 3.05) is 16.8 Å². The molecule has 36 heavy (non-hydrogen) atoms.